The number of carbonyl (C=O) groups excluding carboxylic acids is 1. The van der Waals surface area contributed by atoms with E-state index >= 15 is 0 Å². The van der Waals surface area contributed by atoms with Crippen LogP contribution in [0.2, 0.25) is 0 Å². The number of halogens is 1. The van der Waals surface area contributed by atoms with Gasteiger partial charge >= 0.3 is 0 Å². The fourth-order valence-corrected chi connectivity index (χ4v) is 2.54. The minimum Gasteiger partial charge on any atom is -0.336 e. The third kappa shape index (κ3) is 3.30. The molecule has 0 bridgehead atoms. The molecule has 1 aromatic carbocycles. The average molecular weight is 280 g/mol. The number of rotatable bonds is 5. The zero-order valence-electron chi connectivity index (χ0n) is 11.8. The van der Waals surface area contributed by atoms with Crippen LogP contribution in [-0.4, -0.2) is 29.3 Å². The zero-order valence-corrected chi connectivity index (χ0v) is 12.5. The van der Waals surface area contributed by atoms with Gasteiger partial charge in [-0.2, -0.15) is 0 Å². The van der Waals surface area contributed by atoms with Crippen LogP contribution < -0.4 is 0 Å². The fourth-order valence-electron chi connectivity index (χ4n) is 2.42. The molecule has 2 nitrogen and oxygen atoms in total. The molecule has 0 N–H and O–H groups in total. The maximum atomic E-state index is 12.6. The summed E-state index contributed by atoms with van der Waals surface area (Å²) in [5, 5.41) is 0. The minimum absolute atomic E-state index is 0.165. The van der Waals surface area contributed by atoms with Gasteiger partial charge in [0.15, 0.2) is 0 Å². The molecule has 0 unspecified atom stereocenters. The van der Waals surface area contributed by atoms with Crippen molar-refractivity contribution in [1.29, 1.82) is 0 Å². The molecule has 0 saturated heterocycles. The van der Waals surface area contributed by atoms with Gasteiger partial charge in [-0.1, -0.05) is 6.07 Å². The second kappa shape index (κ2) is 6.42. The first kappa shape index (κ1) is 14.4. The molecule has 0 atom stereocenters. The third-order valence-electron chi connectivity index (χ3n) is 4.06. The Hall–Kier alpha value is -1.02. The number of hydrogen-bond donors (Lipinski definition) is 0. The molecule has 19 heavy (non-hydrogen) atoms. The summed E-state index contributed by atoms with van der Waals surface area (Å²) in [5.74, 6) is 0.779. The van der Waals surface area contributed by atoms with Crippen molar-refractivity contribution in [1.82, 2.24) is 4.90 Å². The van der Waals surface area contributed by atoms with Gasteiger partial charge in [0.2, 0.25) is 0 Å². The first-order valence-corrected chi connectivity index (χ1v) is 7.61. The van der Waals surface area contributed by atoms with Crippen LogP contribution in [0.5, 0.6) is 0 Å². The highest BCUT2D eigenvalue weighted by molar-refractivity contribution is 6.17. The summed E-state index contributed by atoms with van der Waals surface area (Å²) in [7, 11) is 0. The lowest BCUT2D eigenvalue weighted by Crippen LogP contribution is -2.44. The molecule has 1 fully saturated rings. The maximum Gasteiger partial charge on any atom is 0.254 e. The Balaban J connectivity index is 2.15. The van der Waals surface area contributed by atoms with Crippen LogP contribution in [0.4, 0.5) is 0 Å². The standard InChI is InChI=1S/C16H22ClNO/c1-12-7-8-14(11-13(12)2)16(19)18(10-4-9-17)15-5-3-6-15/h7-8,11,15H,3-6,9-10H2,1-2H3. The normalized spacial score (nSPS) is 15.1. The van der Waals surface area contributed by atoms with E-state index in [-0.39, 0.29) is 5.91 Å². The lowest BCUT2D eigenvalue weighted by Gasteiger charge is -2.37. The number of aryl methyl sites for hydroxylation is 2. The van der Waals surface area contributed by atoms with Crippen LogP contribution in [0.3, 0.4) is 0 Å². The monoisotopic (exact) mass is 279 g/mol. The van der Waals surface area contributed by atoms with Crippen LogP contribution in [0.1, 0.15) is 47.2 Å². The van der Waals surface area contributed by atoms with Gasteiger partial charge in [-0.25, -0.2) is 0 Å². The van der Waals surface area contributed by atoms with Gasteiger partial charge in [-0.15, -0.1) is 11.6 Å². The quantitative estimate of drug-likeness (QED) is 0.748. The molecule has 1 aromatic rings. The van der Waals surface area contributed by atoms with Crippen molar-refractivity contribution < 1.29 is 4.79 Å². The fraction of sp³-hybridized carbons (Fsp3) is 0.562. The molecule has 0 heterocycles. The van der Waals surface area contributed by atoms with Gasteiger partial charge in [-0.3, -0.25) is 4.79 Å². The predicted molar refractivity (Wildman–Crippen MR) is 79.9 cm³/mol. The van der Waals surface area contributed by atoms with Gasteiger partial charge in [-0.05, 0) is 62.8 Å². The number of carbonyl (C=O) groups is 1. The molecule has 1 aliphatic rings. The van der Waals surface area contributed by atoms with E-state index < -0.39 is 0 Å². The molecule has 1 saturated carbocycles. The Bertz CT molecular complexity index is 454. The van der Waals surface area contributed by atoms with E-state index in [9.17, 15) is 4.79 Å². The van der Waals surface area contributed by atoms with E-state index in [2.05, 4.69) is 13.8 Å². The smallest absolute Gasteiger partial charge is 0.254 e. The van der Waals surface area contributed by atoms with Gasteiger partial charge in [0, 0.05) is 24.0 Å². The van der Waals surface area contributed by atoms with Crippen molar-refractivity contribution >= 4 is 17.5 Å². The van der Waals surface area contributed by atoms with Crippen molar-refractivity contribution in [3.05, 3.63) is 34.9 Å². The Morgan fingerprint density at radius 1 is 1.32 bits per heavy atom. The van der Waals surface area contributed by atoms with Crippen molar-refractivity contribution in [3.8, 4) is 0 Å². The lowest BCUT2D eigenvalue weighted by atomic mass is 9.90. The molecule has 3 heteroatoms. The van der Waals surface area contributed by atoms with Crippen molar-refractivity contribution in [2.24, 2.45) is 0 Å². The van der Waals surface area contributed by atoms with Gasteiger partial charge < -0.3 is 4.90 Å². The number of amides is 1. The molecule has 0 spiro atoms. The van der Waals surface area contributed by atoms with E-state index in [1.807, 2.05) is 23.1 Å². The molecule has 104 valence electrons. The van der Waals surface area contributed by atoms with Crippen molar-refractivity contribution in [3.63, 3.8) is 0 Å². The third-order valence-corrected chi connectivity index (χ3v) is 4.33. The summed E-state index contributed by atoms with van der Waals surface area (Å²) in [5.41, 5.74) is 3.22. The summed E-state index contributed by atoms with van der Waals surface area (Å²) in [6, 6.07) is 6.40. The Labute approximate surface area is 120 Å². The van der Waals surface area contributed by atoms with Gasteiger partial charge in [0.1, 0.15) is 0 Å². The van der Waals surface area contributed by atoms with E-state index in [4.69, 9.17) is 11.6 Å². The van der Waals surface area contributed by atoms with Crippen molar-refractivity contribution in [2.45, 2.75) is 45.6 Å². The predicted octanol–water partition coefficient (Wildman–Crippen LogP) is 3.93. The Kier molecular flexibility index (Phi) is 4.87. The van der Waals surface area contributed by atoms with Crippen LogP contribution in [0, 0.1) is 13.8 Å². The summed E-state index contributed by atoms with van der Waals surface area (Å²) in [4.78, 5) is 14.7. The minimum atomic E-state index is 0.165. The number of hydrogen-bond acceptors (Lipinski definition) is 1. The van der Waals surface area contributed by atoms with E-state index in [0.717, 1.165) is 31.4 Å². The number of alkyl halides is 1. The highest BCUT2D eigenvalue weighted by Gasteiger charge is 2.28. The molecule has 0 radical (unpaired) electrons. The van der Waals surface area contributed by atoms with E-state index in [1.54, 1.807) is 0 Å². The Morgan fingerprint density at radius 3 is 2.58 bits per heavy atom. The molecular formula is C16H22ClNO. The van der Waals surface area contributed by atoms with Crippen LogP contribution in [-0.2, 0) is 0 Å². The SMILES string of the molecule is Cc1ccc(C(=O)N(CCCCl)C2CCC2)cc1C. The topological polar surface area (TPSA) is 20.3 Å². The molecule has 1 amide bonds. The van der Waals surface area contributed by atoms with Gasteiger partial charge in [0.05, 0.1) is 0 Å². The lowest BCUT2D eigenvalue weighted by molar-refractivity contribution is 0.0580. The second-order valence-corrected chi connectivity index (χ2v) is 5.80. The molecular weight excluding hydrogens is 258 g/mol. The summed E-state index contributed by atoms with van der Waals surface area (Å²) in [6.07, 6.45) is 4.38. The van der Waals surface area contributed by atoms with E-state index in [0.29, 0.717) is 11.9 Å². The molecule has 1 aliphatic carbocycles. The second-order valence-electron chi connectivity index (χ2n) is 5.42. The van der Waals surface area contributed by atoms with Gasteiger partial charge in [0.25, 0.3) is 5.91 Å². The van der Waals surface area contributed by atoms with Crippen LogP contribution in [0.15, 0.2) is 18.2 Å². The maximum absolute atomic E-state index is 12.6. The molecule has 0 aromatic heterocycles. The first-order chi connectivity index (χ1) is 9.13. The molecule has 2 rings (SSSR count). The zero-order chi connectivity index (χ0) is 13.8. The van der Waals surface area contributed by atoms with E-state index in [1.165, 1.54) is 17.5 Å². The average Bonchev–Trinajstić information content (AvgIpc) is 2.34. The summed E-state index contributed by atoms with van der Waals surface area (Å²) in [6.45, 7) is 4.90. The highest BCUT2D eigenvalue weighted by Crippen LogP contribution is 2.26. The molecule has 0 aliphatic heterocycles. The summed E-state index contributed by atoms with van der Waals surface area (Å²) >= 11 is 5.77. The highest BCUT2D eigenvalue weighted by atomic mass is 35.5. The Morgan fingerprint density at radius 2 is 2.05 bits per heavy atom. The number of benzene rings is 1. The largest absolute Gasteiger partial charge is 0.336 e. The summed E-state index contributed by atoms with van der Waals surface area (Å²) < 4.78 is 0. The van der Waals surface area contributed by atoms with Crippen LogP contribution >= 0.6 is 11.6 Å². The van der Waals surface area contributed by atoms with Crippen molar-refractivity contribution in [2.75, 3.05) is 12.4 Å². The van der Waals surface area contributed by atoms with Crippen LogP contribution in [0.25, 0.3) is 0 Å². The number of nitrogens with zero attached hydrogens (tertiary/aromatic N) is 1. The first-order valence-electron chi connectivity index (χ1n) is 7.07.